The normalized spacial score (nSPS) is 16.7. The molecule has 0 bridgehead atoms. The number of hydrogen-bond donors (Lipinski definition) is 2. The molecule has 22 heavy (non-hydrogen) atoms. The molecule has 0 heterocycles. The van der Waals surface area contributed by atoms with Crippen molar-refractivity contribution in [2.24, 2.45) is 0 Å². The maximum Gasteiger partial charge on any atom is 0.171 e. The van der Waals surface area contributed by atoms with E-state index in [9.17, 15) is 4.39 Å². The number of benzene rings is 2. The third kappa shape index (κ3) is 3.47. The zero-order chi connectivity index (χ0) is 15.5. The fourth-order valence-electron chi connectivity index (χ4n) is 2.81. The van der Waals surface area contributed by atoms with Gasteiger partial charge in [-0.3, -0.25) is 0 Å². The van der Waals surface area contributed by atoms with Crippen LogP contribution in [0.1, 0.15) is 30.0 Å². The lowest BCUT2D eigenvalue weighted by Gasteiger charge is -2.27. The van der Waals surface area contributed by atoms with Gasteiger partial charge in [-0.05, 0) is 60.8 Å². The second-order valence-corrected chi connectivity index (χ2v) is 6.69. The number of hydrogen-bond acceptors (Lipinski definition) is 1. The minimum atomic E-state index is -0.331. The number of anilines is 1. The molecule has 0 aliphatic heterocycles. The summed E-state index contributed by atoms with van der Waals surface area (Å²) in [6, 6.07) is 13.5. The van der Waals surface area contributed by atoms with Crippen LogP contribution >= 0.6 is 28.1 Å². The van der Waals surface area contributed by atoms with Crippen LogP contribution in [0.25, 0.3) is 0 Å². The van der Waals surface area contributed by atoms with E-state index in [1.165, 1.54) is 17.2 Å². The molecule has 1 atom stereocenters. The minimum Gasteiger partial charge on any atom is -0.356 e. The van der Waals surface area contributed by atoms with Crippen molar-refractivity contribution in [3.05, 3.63) is 63.9 Å². The molecule has 0 saturated heterocycles. The molecule has 2 N–H and O–H groups in total. The molecule has 1 aliphatic carbocycles. The van der Waals surface area contributed by atoms with Crippen LogP contribution in [0.5, 0.6) is 0 Å². The molecule has 0 aromatic heterocycles. The molecule has 2 aromatic rings. The van der Waals surface area contributed by atoms with Crippen molar-refractivity contribution in [3.8, 4) is 0 Å². The molecule has 1 aliphatic rings. The minimum absolute atomic E-state index is 0.184. The Morgan fingerprint density at radius 2 is 2.05 bits per heavy atom. The third-order valence-corrected chi connectivity index (χ3v) is 4.57. The van der Waals surface area contributed by atoms with Crippen molar-refractivity contribution in [2.75, 3.05) is 5.32 Å². The van der Waals surface area contributed by atoms with E-state index in [1.54, 1.807) is 12.1 Å². The summed E-state index contributed by atoms with van der Waals surface area (Å²) >= 11 is 8.58. The van der Waals surface area contributed by atoms with Gasteiger partial charge in [0.25, 0.3) is 0 Å². The first-order chi connectivity index (χ1) is 10.6. The molecule has 2 nitrogen and oxygen atoms in total. The van der Waals surface area contributed by atoms with Crippen molar-refractivity contribution in [3.63, 3.8) is 0 Å². The molecule has 0 saturated carbocycles. The van der Waals surface area contributed by atoms with Crippen LogP contribution in [0.3, 0.4) is 0 Å². The van der Waals surface area contributed by atoms with Crippen molar-refractivity contribution >= 4 is 38.9 Å². The maximum atomic E-state index is 13.8. The van der Waals surface area contributed by atoms with Gasteiger partial charge in [0, 0.05) is 4.47 Å². The highest BCUT2D eigenvalue weighted by Crippen LogP contribution is 2.29. The number of nitrogens with one attached hydrogen (secondary N) is 2. The van der Waals surface area contributed by atoms with E-state index in [0.29, 0.717) is 15.3 Å². The number of rotatable bonds is 2. The average Bonchev–Trinajstić information content (AvgIpc) is 2.50. The molecule has 0 spiro atoms. The molecule has 2 aromatic carbocycles. The number of fused-ring (bicyclic) bond motifs is 1. The Kier molecular flexibility index (Phi) is 4.74. The summed E-state index contributed by atoms with van der Waals surface area (Å²) < 4.78 is 14.6. The fourth-order valence-corrected chi connectivity index (χ4v) is 3.40. The van der Waals surface area contributed by atoms with Crippen molar-refractivity contribution in [2.45, 2.75) is 25.3 Å². The van der Waals surface area contributed by atoms with Crippen LogP contribution in [0.15, 0.2) is 46.9 Å². The zero-order valence-corrected chi connectivity index (χ0v) is 14.3. The lowest BCUT2D eigenvalue weighted by Crippen LogP contribution is -2.34. The molecule has 0 fully saturated rings. The zero-order valence-electron chi connectivity index (χ0n) is 11.9. The van der Waals surface area contributed by atoms with E-state index in [1.807, 2.05) is 6.07 Å². The fraction of sp³-hybridized carbons (Fsp3) is 0.235. The van der Waals surface area contributed by atoms with E-state index in [4.69, 9.17) is 12.2 Å². The van der Waals surface area contributed by atoms with E-state index in [-0.39, 0.29) is 11.9 Å². The number of thiocarbonyl (C=S) groups is 1. The first-order valence-electron chi connectivity index (χ1n) is 7.24. The lowest BCUT2D eigenvalue weighted by atomic mass is 9.88. The van der Waals surface area contributed by atoms with E-state index in [2.05, 4.69) is 44.8 Å². The van der Waals surface area contributed by atoms with E-state index < -0.39 is 0 Å². The van der Waals surface area contributed by atoms with Crippen molar-refractivity contribution < 1.29 is 4.39 Å². The summed E-state index contributed by atoms with van der Waals surface area (Å²) in [4.78, 5) is 0. The average molecular weight is 379 g/mol. The Labute approximate surface area is 143 Å². The molecular formula is C17H16BrFN2S. The van der Waals surface area contributed by atoms with Crippen LogP contribution in [0.2, 0.25) is 0 Å². The monoisotopic (exact) mass is 378 g/mol. The van der Waals surface area contributed by atoms with Gasteiger partial charge >= 0.3 is 0 Å². The first kappa shape index (κ1) is 15.4. The van der Waals surface area contributed by atoms with Crippen LogP contribution in [0, 0.1) is 5.82 Å². The maximum absolute atomic E-state index is 13.8. The lowest BCUT2D eigenvalue weighted by molar-refractivity contribution is 0.529. The SMILES string of the molecule is Fc1cc(Br)ccc1NC(=S)NC1CCCc2ccccc21. The summed E-state index contributed by atoms with van der Waals surface area (Å²) in [6.07, 6.45) is 3.27. The highest BCUT2D eigenvalue weighted by Gasteiger charge is 2.20. The summed E-state index contributed by atoms with van der Waals surface area (Å²) in [7, 11) is 0. The van der Waals surface area contributed by atoms with Crippen molar-refractivity contribution in [1.29, 1.82) is 0 Å². The van der Waals surface area contributed by atoms with Gasteiger partial charge in [0.05, 0.1) is 11.7 Å². The van der Waals surface area contributed by atoms with Gasteiger partial charge in [-0.25, -0.2) is 4.39 Å². The van der Waals surface area contributed by atoms with Gasteiger partial charge in [-0.1, -0.05) is 40.2 Å². The third-order valence-electron chi connectivity index (χ3n) is 3.85. The van der Waals surface area contributed by atoms with Crippen LogP contribution in [0.4, 0.5) is 10.1 Å². The van der Waals surface area contributed by atoms with Crippen LogP contribution in [-0.2, 0) is 6.42 Å². The Bertz CT molecular complexity index is 705. The Morgan fingerprint density at radius 1 is 1.23 bits per heavy atom. The number of aryl methyl sites for hydroxylation is 1. The Balaban J connectivity index is 1.70. The van der Waals surface area contributed by atoms with Crippen LogP contribution < -0.4 is 10.6 Å². The highest BCUT2D eigenvalue weighted by molar-refractivity contribution is 9.10. The molecule has 3 rings (SSSR count). The molecule has 5 heteroatoms. The van der Waals surface area contributed by atoms with Gasteiger partial charge in [-0.15, -0.1) is 0 Å². The van der Waals surface area contributed by atoms with Gasteiger partial charge in [-0.2, -0.15) is 0 Å². The second-order valence-electron chi connectivity index (χ2n) is 5.37. The summed E-state index contributed by atoms with van der Waals surface area (Å²) in [5, 5.41) is 6.69. The van der Waals surface area contributed by atoms with Gasteiger partial charge in [0.2, 0.25) is 0 Å². The molecule has 0 radical (unpaired) electrons. The largest absolute Gasteiger partial charge is 0.356 e. The Hall–Kier alpha value is -1.46. The molecule has 1 unspecified atom stereocenters. The molecular weight excluding hydrogens is 363 g/mol. The standard InChI is InChI=1S/C17H16BrFN2S/c18-12-8-9-16(14(19)10-12)21-17(22)20-15-7-3-5-11-4-1-2-6-13(11)15/h1-2,4,6,8-10,15H,3,5,7H2,(H2,20,21,22). The second kappa shape index (κ2) is 6.75. The highest BCUT2D eigenvalue weighted by atomic mass is 79.9. The summed E-state index contributed by atoms with van der Waals surface area (Å²) in [5.74, 6) is -0.331. The first-order valence-corrected chi connectivity index (χ1v) is 8.44. The summed E-state index contributed by atoms with van der Waals surface area (Å²) in [5.41, 5.74) is 3.03. The van der Waals surface area contributed by atoms with Crippen LogP contribution in [-0.4, -0.2) is 5.11 Å². The predicted octanol–water partition coefficient (Wildman–Crippen LogP) is 4.95. The van der Waals surface area contributed by atoms with E-state index >= 15 is 0 Å². The Morgan fingerprint density at radius 3 is 2.86 bits per heavy atom. The number of halogens is 2. The topological polar surface area (TPSA) is 24.1 Å². The molecule has 114 valence electrons. The summed E-state index contributed by atoms with van der Waals surface area (Å²) in [6.45, 7) is 0. The van der Waals surface area contributed by atoms with Crippen molar-refractivity contribution in [1.82, 2.24) is 5.32 Å². The van der Waals surface area contributed by atoms with Gasteiger partial charge in [0.1, 0.15) is 5.82 Å². The smallest absolute Gasteiger partial charge is 0.171 e. The predicted molar refractivity (Wildman–Crippen MR) is 95.6 cm³/mol. The van der Waals surface area contributed by atoms with Gasteiger partial charge < -0.3 is 10.6 Å². The molecule has 0 amide bonds. The van der Waals surface area contributed by atoms with Gasteiger partial charge in [0.15, 0.2) is 5.11 Å². The quantitative estimate of drug-likeness (QED) is 0.722. The van der Waals surface area contributed by atoms with E-state index in [0.717, 1.165) is 19.3 Å².